The summed E-state index contributed by atoms with van der Waals surface area (Å²) in [5.74, 6) is 0.864. The minimum absolute atomic E-state index is 0.211. The predicted molar refractivity (Wildman–Crippen MR) is 96.6 cm³/mol. The summed E-state index contributed by atoms with van der Waals surface area (Å²) in [6, 6.07) is 9.22. The van der Waals surface area contributed by atoms with E-state index < -0.39 is 5.82 Å². The lowest BCUT2D eigenvalue weighted by Gasteiger charge is -2.09. The number of furan rings is 1. The van der Waals surface area contributed by atoms with Crippen LogP contribution in [0.4, 0.5) is 4.39 Å². The van der Waals surface area contributed by atoms with Gasteiger partial charge in [-0.1, -0.05) is 13.0 Å². The fourth-order valence-corrected chi connectivity index (χ4v) is 3.36. The average molecular weight is 382 g/mol. The summed E-state index contributed by atoms with van der Waals surface area (Å²) in [6.45, 7) is 2.24. The van der Waals surface area contributed by atoms with Gasteiger partial charge in [0.2, 0.25) is 0 Å². The topological polar surface area (TPSA) is 82.5 Å². The van der Waals surface area contributed by atoms with Crippen molar-refractivity contribution in [1.29, 1.82) is 0 Å². The first-order chi connectivity index (χ1) is 13.3. The van der Waals surface area contributed by atoms with Crippen LogP contribution in [0.5, 0.6) is 0 Å². The van der Waals surface area contributed by atoms with Crippen LogP contribution in [0.1, 0.15) is 18.4 Å². The molecule has 0 atom stereocenters. The molecule has 0 bridgehead atoms. The van der Waals surface area contributed by atoms with Crippen molar-refractivity contribution >= 4 is 11.8 Å². The lowest BCUT2D eigenvalue weighted by molar-refractivity contribution is 0.485. The van der Waals surface area contributed by atoms with Gasteiger partial charge in [-0.25, -0.2) is 14.4 Å². The molecule has 4 aromatic rings. The second-order valence-electron chi connectivity index (χ2n) is 5.58. The van der Waals surface area contributed by atoms with Crippen molar-refractivity contribution in [3.8, 4) is 11.5 Å². The van der Waals surface area contributed by atoms with E-state index in [1.54, 1.807) is 12.5 Å². The van der Waals surface area contributed by atoms with Gasteiger partial charge in [0.25, 0.3) is 0 Å². The number of pyridine rings is 1. The molecule has 7 nitrogen and oxygen atoms in total. The number of halogens is 1. The first-order valence-corrected chi connectivity index (χ1v) is 9.12. The Morgan fingerprint density at radius 3 is 2.78 bits per heavy atom. The molecule has 0 aromatic carbocycles. The van der Waals surface area contributed by atoms with Crippen LogP contribution in [-0.4, -0.2) is 29.7 Å². The van der Waals surface area contributed by atoms with Crippen LogP contribution in [0.2, 0.25) is 0 Å². The molecule has 0 saturated carbocycles. The summed E-state index contributed by atoms with van der Waals surface area (Å²) in [7, 11) is 0. The van der Waals surface area contributed by atoms with Crippen LogP contribution in [-0.2, 0) is 13.0 Å². The van der Waals surface area contributed by atoms with Gasteiger partial charge >= 0.3 is 0 Å². The number of rotatable bonds is 6. The molecule has 27 heavy (non-hydrogen) atoms. The molecule has 0 aliphatic heterocycles. The minimum atomic E-state index is -0.433. The molecule has 4 rings (SSSR count). The van der Waals surface area contributed by atoms with Crippen LogP contribution in [0.15, 0.2) is 63.7 Å². The largest absolute Gasteiger partial charge is 0.467 e. The number of aromatic nitrogens is 6. The molecule has 0 N–H and O–H groups in total. The third-order valence-electron chi connectivity index (χ3n) is 3.86. The first kappa shape index (κ1) is 17.3. The van der Waals surface area contributed by atoms with Crippen LogP contribution in [0.25, 0.3) is 11.5 Å². The van der Waals surface area contributed by atoms with Crippen molar-refractivity contribution < 1.29 is 8.81 Å². The van der Waals surface area contributed by atoms with Crippen LogP contribution >= 0.6 is 11.8 Å². The minimum Gasteiger partial charge on any atom is -0.467 e. The zero-order valence-corrected chi connectivity index (χ0v) is 15.2. The maximum absolute atomic E-state index is 14.6. The molecule has 136 valence electrons. The van der Waals surface area contributed by atoms with Gasteiger partial charge in [-0.15, -0.1) is 10.2 Å². The van der Waals surface area contributed by atoms with Gasteiger partial charge in [0.1, 0.15) is 22.8 Å². The summed E-state index contributed by atoms with van der Waals surface area (Å²) in [4.78, 5) is 12.4. The van der Waals surface area contributed by atoms with Gasteiger partial charge in [-0.3, -0.25) is 9.55 Å². The molecular formula is C18H15FN6OS. The lowest BCUT2D eigenvalue weighted by atomic mass is 10.3. The summed E-state index contributed by atoms with van der Waals surface area (Å²) in [6.07, 6.45) is 5.13. The van der Waals surface area contributed by atoms with E-state index in [4.69, 9.17) is 4.42 Å². The molecule has 9 heteroatoms. The highest BCUT2D eigenvalue weighted by atomic mass is 32.2. The number of aryl methyl sites for hydroxylation is 1. The number of hydrogen-bond acceptors (Lipinski definition) is 7. The van der Waals surface area contributed by atoms with E-state index in [1.165, 1.54) is 6.33 Å². The fraction of sp³-hybridized carbons (Fsp3) is 0.167. The molecule has 0 aliphatic carbocycles. The molecule has 0 aliphatic rings. The zero-order chi connectivity index (χ0) is 18.6. The molecule has 4 heterocycles. The van der Waals surface area contributed by atoms with Crippen molar-refractivity contribution in [3.63, 3.8) is 0 Å². The lowest BCUT2D eigenvalue weighted by Crippen LogP contribution is -2.05. The Morgan fingerprint density at radius 2 is 2.04 bits per heavy atom. The quantitative estimate of drug-likeness (QED) is 0.471. The third kappa shape index (κ3) is 3.59. The molecule has 0 spiro atoms. The summed E-state index contributed by atoms with van der Waals surface area (Å²) in [5.41, 5.74) is 1.04. The normalized spacial score (nSPS) is 11.0. The Bertz CT molecular complexity index is 1040. The van der Waals surface area contributed by atoms with E-state index in [-0.39, 0.29) is 5.03 Å². The monoisotopic (exact) mass is 382 g/mol. The third-order valence-corrected chi connectivity index (χ3v) is 4.82. The Balaban J connectivity index is 1.75. The van der Waals surface area contributed by atoms with Crippen molar-refractivity contribution in [2.75, 3.05) is 0 Å². The van der Waals surface area contributed by atoms with E-state index >= 15 is 0 Å². The van der Waals surface area contributed by atoms with Crippen LogP contribution < -0.4 is 0 Å². The molecule has 0 saturated heterocycles. The smallest absolute Gasteiger partial charge is 0.198 e. The highest BCUT2D eigenvalue weighted by molar-refractivity contribution is 7.99. The highest BCUT2D eigenvalue weighted by Gasteiger charge is 2.20. The maximum atomic E-state index is 14.6. The average Bonchev–Trinajstić information content (AvgIpc) is 3.35. The molecule has 0 unspecified atom stereocenters. The van der Waals surface area contributed by atoms with Crippen LogP contribution in [0, 0.1) is 5.82 Å². The second-order valence-corrected chi connectivity index (χ2v) is 6.54. The number of nitrogens with zero attached hydrogens (tertiary/aromatic N) is 6. The molecule has 0 amide bonds. The zero-order valence-electron chi connectivity index (χ0n) is 14.4. The van der Waals surface area contributed by atoms with Gasteiger partial charge in [-0.2, -0.15) is 0 Å². The molecular weight excluding hydrogens is 367 g/mol. The van der Waals surface area contributed by atoms with Crippen molar-refractivity contribution in [3.05, 3.63) is 66.4 Å². The Morgan fingerprint density at radius 1 is 1.11 bits per heavy atom. The fourth-order valence-electron chi connectivity index (χ4n) is 2.54. The molecule has 0 radical (unpaired) electrons. The molecule has 0 fully saturated rings. The maximum Gasteiger partial charge on any atom is 0.198 e. The summed E-state index contributed by atoms with van der Waals surface area (Å²) < 4.78 is 21.9. The predicted octanol–water partition coefficient (Wildman–Crippen LogP) is 3.62. The summed E-state index contributed by atoms with van der Waals surface area (Å²) in [5, 5.41) is 9.19. The first-order valence-electron chi connectivity index (χ1n) is 8.30. The van der Waals surface area contributed by atoms with E-state index in [2.05, 4.69) is 25.1 Å². The van der Waals surface area contributed by atoms with Gasteiger partial charge in [0.15, 0.2) is 16.8 Å². The Labute approximate surface area is 158 Å². The van der Waals surface area contributed by atoms with E-state index in [1.807, 2.05) is 41.8 Å². The molecule has 4 aromatic heterocycles. The van der Waals surface area contributed by atoms with Gasteiger partial charge in [0.05, 0.1) is 18.5 Å². The summed E-state index contributed by atoms with van der Waals surface area (Å²) >= 11 is 1.10. The number of hydrogen-bond donors (Lipinski definition) is 0. The Hall–Kier alpha value is -3.07. The van der Waals surface area contributed by atoms with Gasteiger partial charge in [0, 0.05) is 6.20 Å². The standard InChI is InChI=1S/C18H15FN6OS/c1-2-13-15(19)17(22-11-21-13)27-18-24-23-16(14-7-3-4-8-20-14)25(18)10-12-6-5-9-26-12/h3-9,11H,2,10H2,1H3. The second kappa shape index (κ2) is 7.67. The van der Waals surface area contributed by atoms with Gasteiger partial charge in [-0.05, 0) is 42.4 Å². The SMILES string of the molecule is CCc1ncnc(Sc2nnc(-c3ccccn3)n2Cc2ccco2)c1F. The van der Waals surface area contributed by atoms with Crippen molar-refractivity contribution in [2.45, 2.75) is 30.1 Å². The van der Waals surface area contributed by atoms with Gasteiger partial charge < -0.3 is 4.42 Å². The van der Waals surface area contributed by atoms with E-state index in [0.717, 1.165) is 17.5 Å². The Kier molecular flexibility index (Phi) is 4.93. The van der Waals surface area contributed by atoms with E-state index in [9.17, 15) is 4.39 Å². The highest BCUT2D eigenvalue weighted by Crippen LogP contribution is 2.30. The van der Waals surface area contributed by atoms with E-state index in [0.29, 0.717) is 35.3 Å². The van der Waals surface area contributed by atoms with Crippen molar-refractivity contribution in [1.82, 2.24) is 29.7 Å². The van der Waals surface area contributed by atoms with Crippen molar-refractivity contribution in [2.24, 2.45) is 0 Å². The van der Waals surface area contributed by atoms with Crippen LogP contribution in [0.3, 0.4) is 0 Å².